The molecule has 0 spiro atoms. The maximum Gasteiger partial charge on any atom is 0.303 e. The van der Waals surface area contributed by atoms with Crippen LogP contribution in [-0.4, -0.2) is 41.0 Å². The predicted octanol–water partition coefficient (Wildman–Crippen LogP) is 5.11. The van der Waals surface area contributed by atoms with E-state index in [2.05, 4.69) is 11.8 Å². The van der Waals surface area contributed by atoms with E-state index in [0.717, 1.165) is 31.6 Å². The fourth-order valence-corrected chi connectivity index (χ4v) is 2.53. The van der Waals surface area contributed by atoms with E-state index in [4.69, 9.17) is 33.4 Å². The van der Waals surface area contributed by atoms with Crippen molar-refractivity contribution in [2.45, 2.75) is 45.4 Å². The number of benzene rings is 1. The predicted molar refractivity (Wildman–Crippen MR) is 103 cm³/mol. The maximum atomic E-state index is 10.0. The summed E-state index contributed by atoms with van der Waals surface area (Å²) in [6, 6.07) is 7.03. The average molecular weight is 378 g/mol. The van der Waals surface area contributed by atoms with Gasteiger partial charge in [-0.1, -0.05) is 32.6 Å². The third-order valence-corrected chi connectivity index (χ3v) is 3.76. The van der Waals surface area contributed by atoms with Crippen LogP contribution in [0.25, 0.3) is 0 Å². The molecule has 6 heteroatoms. The average Bonchev–Trinajstić information content (AvgIpc) is 2.56. The molecule has 0 aliphatic carbocycles. The minimum atomic E-state index is -0.670. The molecule has 0 saturated heterocycles. The van der Waals surface area contributed by atoms with Crippen LogP contribution in [-0.2, 0) is 4.79 Å². The molecule has 2 N–H and O–H groups in total. The number of unbranched alkanes of at least 4 members (excludes halogenated alkanes) is 4. The summed E-state index contributed by atoms with van der Waals surface area (Å²) in [5.74, 6) is 0.733. The van der Waals surface area contributed by atoms with E-state index in [0.29, 0.717) is 18.2 Å². The van der Waals surface area contributed by atoms with Gasteiger partial charge in [-0.3, -0.25) is 4.79 Å². The van der Waals surface area contributed by atoms with Crippen LogP contribution in [0.5, 0.6) is 5.75 Å². The molecule has 0 aliphatic heterocycles. The molecule has 0 heterocycles. The summed E-state index contributed by atoms with van der Waals surface area (Å²) >= 11 is 11.4. The number of carboxylic acids is 1. The highest BCUT2D eigenvalue weighted by Gasteiger charge is 2.04. The SMILES string of the molecule is CCCCCCCC(=O)O.Oc1ccc(N(CCCl)CCCl)cc1. The third-order valence-electron chi connectivity index (χ3n) is 3.42. The van der Waals surface area contributed by atoms with E-state index < -0.39 is 5.97 Å². The number of nitrogens with zero attached hydrogens (tertiary/aromatic N) is 1. The quantitative estimate of drug-likeness (QED) is 0.415. The lowest BCUT2D eigenvalue weighted by atomic mass is 10.1. The highest BCUT2D eigenvalue weighted by atomic mass is 35.5. The molecular formula is C18H29Cl2NO3. The Labute approximate surface area is 155 Å². The second kappa shape index (κ2) is 15.4. The summed E-state index contributed by atoms with van der Waals surface area (Å²) in [5.41, 5.74) is 1.03. The van der Waals surface area contributed by atoms with Gasteiger partial charge in [0.1, 0.15) is 5.75 Å². The van der Waals surface area contributed by atoms with Crippen LogP contribution in [0.3, 0.4) is 0 Å². The Kier molecular flexibility index (Phi) is 14.7. The van der Waals surface area contributed by atoms with Crippen molar-refractivity contribution in [3.63, 3.8) is 0 Å². The molecule has 0 unspecified atom stereocenters. The van der Waals surface area contributed by atoms with Crippen molar-refractivity contribution in [3.05, 3.63) is 24.3 Å². The number of aromatic hydroxyl groups is 1. The lowest BCUT2D eigenvalue weighted by Gasteiger charge is -2.22. The summed E-state index contributed by atoms with van der Waals surface area (Å²) < 4.78 is 0. The number of halogens is 2. The smallest absolute Gasteiger partial charge is 0.303 e. The van der Waals surface area contributed by atoms with Crippen LogP contribution in [0.2, 0.25) is 0 Å². The monoisotopic (exact) mass is 377 g/mol. The molecule has 1 aromatic carbocycles. The van der Waals surface area contributed by atoms with Gasteiger partial charge in [-0.2, -0.15) is 0 Å². The van der Waals surface area contributed by atoms with Gasteiger partial charge in [-0.05, 0) is 30.7 Å². The molecule has 1 rings (SSSR count). The van der Waals surface area contributed by atoms with E-state index >= 15 is 0 Å². The number of carbonyl (C=O) groups is 1. The van der Waals surface area contributed by atoms with Gasteiger partial charge in [0.05, 0.1) is 0 Å². The first-order valence-electron chi connectivity index (χ1n) is 8.42. The molecule has 0 aliphatic rings. The van der Waals surface area contributed by atoms with Crippen molar-refractivity contribution in [2.24, 2.45) is 0 Å². The first-order chi connectivity index (χ1) is 11.5. The Morgan fingerprint density at radius 1 is 1.00 bits per heavy atom. The zero-order valence-corrected chi connectivity index (χ0v) is 15.9. The molecule has 0 bridgehead atoms. The van der Waals surface area contributed by atoms with Crippen LogP contribution >= 0.6 is 23.2 Å². The number of alkyl halides is 2. The third kappa shape index (κ3) is 12.3. The van der Waals surface area contributed by atoms with Gasteiger partial charge in [0.15, 0.2) is 0 Å². The zero-order chi connectivity index (χ0) is 18.2. The molecule has 138 valence electrons. The highest BCUT2D eigenvalue weighted by molar-refractivity contribution is 6.18. The fourth-order valence-electron chi connectivity index (χ4n) is 2.12. The molecule has 0 aromatic heterocycles. The van der Waals surface area contributed by atoms with Gasteiger partial charge in [0, 0.05) is 37.0 Å². The molecule has 0 saturated carbocycles. The largest absolute Gasteiger partial charge is 0.508 e. The number of anilines is 1. The number of aliphatic carboxylic acids is 1. The minimum absolute atomic E-state index is 0.269. The minimum Gasteiger partial charge on any atom is -0.508 e. The van der Waals surface area contributed by atoms with Crippen LogP contribution in [0.15, 0.2) is 24.3 Å². The Balaban J connectivity index is 0.000000470. The first kappa shape index (κ1) is 22.9. The summed E-state index contributed by atoms with van der Waals surface area (Å²) in [5, 5.41) is 17.4. The van der Waals surface area contributed by atoms with Crippen LogP contribution < -0.4 is 4.90 Å². The van der Waals surface area contributed by atoms with Crippen LogP contribution in [0.4, 0.5) is 5.69 Å². The van der Waals surface area contributed by atoms with E-state index in [1.807, 2.05) is 12.1 Å². The maximum absolute atomic E-state index is 10.0. The number of hydrogen-bond acceptors (Lipinski definition) is 3. The summed E-state index contributed by atoms with van der Waals surface area (Å²) in [4.78, 5) is 12.1. The summed E-state index contributed by atoms with van der Waals surface area (Å²) in [6.07, 6.45) is 5.88. The fraction of sp³-hybridized carbons (Fsp3) is 0.611. The van der Waals surface area contributed by atoms with Gasteiger partial charge in [-0.15, -0.1) is 23.2 Å². The van der Waals surface area contributed by atoms with Crippen LogP contribution in [0.1, 0.15) is 45.4 Å². The van der Waals surface area contributed by atoms with Gasteiger partial charge in [0.2, 0.25) is 0 Å². The Morgan fingerprint density at radius 2 is 1.54 bits per heavy atom. The van der Waals surface area contributed by atoms with Gasteiger partial charge in [-0.25, -0.2) is 0 Å². The molecule has 4 nitrogen and oxygen atoms in total. The molecule has 0 radical (unpaired) electrons. The van der Waals surface area contributed by atoms with Gasteiger partial charge >= 0.3 is 5.97 Å². The zero-order valence-electron chi connectivity index (χ0n) is 14.4. The molecule has 24 heavy (non-hydrogen) atoms. The molecule has 0 amide bonds. The van der Waals surface area contributed by atoms with Crippen molar-refractivity contribution in [3.8, 4) is 5.75 Å². The summed E-state index contributed by atoms with van der Waals surface area (Å²) in [6.45, 7) is 3.68. The normalized spacial score (nSPS) is 9.96. The topological polar surface area (TPSA) is 60.8 Å². The van der Waals surface area contributed by atoms with Crippen molar-refractivity contribution in [2.75, 3.05) is 29.7 Å². The van der Waals surface area contributed by atoms with Crippen molar-refractivity contribution < 1.29 is 15.0 Å². The highest BCUT2D eigenvalue weighted by Crippen LogP contribution is 2.18. The number of hydrogen-bond donors (Lipinski definition) is 2. The Bertz CT molecular complexity index is 421. The Morgan fingerprint density at radius 3 is 2.00 bits per heavy atom. The van der Waals surface area contributed by atoms with E-state index in [9.17, 15) is 4.79 Å². The molecule has 0 atom stereocenters. The lowest BCUT2D eigenvalue weighted by Crippen LogP contribution is -2.27. The molecular weight excluding hydrogens is 349 g/mol. The van der Waals surface area contributed by atoms with Crippen LogP contribution in [0, 0.1) is 0 Å². The van der Waals surface area contributed by atoms with E-state index in [1.54, 1.807) is 12.1 Å². The van der Waals surface area contributed by atoms with Crippen molar-refractivity contribution in [1.82, 2.24) is 0 Å². The standard InChI is InChI=1S/C10H13Cl2NO.C8H16O2/c11-5-7-13(8-6-12)9-1-3-10(14)4-2-9;1-2-3-4-5-6-7-8(9)10/h1-4,14H,5-8H2;2-7H2,1H3,(H,9,10). The molecule has 1 aromatic rings. The van der Waals surface area contributed by atoms with E-state index in [-0.39, 0.29) is 5.75 Å². The molecule has 0 fully saturated rings. The Hall–Kier alpha value is -1.13. The second-order valence-electron chi connectivity index (χ2n) is 5.44. The van der Waals surface area contributed by atoms with Gasteiger partial charge in [0.25, 0.3) is 0 Å². The lowest BCUT2D eigenvalue weighted by molar-refractivity contribution is -0.137. The van der Waals surface area contributed by atoms with Crippen molar-refractivity contribution >= 4 is 34.9 Å². The number of phenols is 1. The van der Waals surface area contributed by atoms with E-state index in [1.165, 1.54) is 19.3 Å². The summed E-state index contributed by atoms with van der Waals surface area (Å²) in [7, 11) is 0. The number of phenolic OH excluding ortho intramolecular Hbond substituents is 1. The number of carboxylic acid groups (broad SMARTS) is 1. The number of rotatable bonds is 11. The van der Waals surface area contributed by atoms with Crippen molar-refractivity contribution in [1.29, 1.82) is 0 Å². The first-order valence-corrected chi connectivity index (χ1v) is 9.49. The second-order valence-corrected chi connectivity index (χ2v) is 6.20. The van der Waals surface area contributed by atoms with Gasteiger partial charge < -0.3 is 15.1 Å².